The highest BCUT2D eigenvalue weighted by Crippen LogP contribution is 2.35. The Bertz CT molecular complexity index is 866. The third-order valence-corrected chi connectivity index (χ3v) is 4.40. The van der Waals surface area contributed by atoms with Crippen LogP contribution in [0, 0.1) is 0 Å². The number of para-hydroxylation sites is 1. The van der Waals surface area contributed by atoms with Gasteiger partial charge in [0, 0.05) is 35.5 Å². The van der Waals surface area contributed by atoms with Crippen LogP contribution in [-0.2, 0) is 11.3 Å². The molecule has 0 unspecified atom stereocenters. The molecule has 1 atom stereocenters. The zero-order valence-corrected chi connectivity index (χ0v) is 13.9. The topological polar surface area (TPSA) is 54.3 Å². The third-order valence-electron chi connectivity index (χ3n) is 4.40. The molecule has 3 aromatic rings. The Morgan fingerprint density at radius 3 is 2.71 bits per heavy atom. The van der Waals surface area contributed by atoms with Crippen LogP contribution in [0.4, 0.5) is 0 Å². The zero-order valence-electron chi connectivity index (χ0n) is 13.9. The van der Waals surface area contributed by atoms with E-state index in [9.17, 15) is 9.90 Å². The van der Waals surface area contributed by atoms with Crippen LogP contribution < -0.4 is 9.84 Å². The summed E-state index contributed by atoms with van der Waals surface area (Å²) in [5, 5.41) is 12.5. The molecule has 0 spiro atoms. The van der Waals surface area contributed by atoms with Crippen LogP contribution in [0.5, 0.6) is 5.75 Å². The second-order valence-corrected chi connectivity index (χ2v) is 5.79. The highest BCUT2D eigenvalue weighted by molar-refractivity contribution is 5.85. The number of fused-ring (bicyclic) bond motifs is 1. The first kappa shape index (κ1) is 16.1. The van der Waals surface area contributed by atoms with Crippen molar-refractivity contribution in [3.8, 4) is 5.75 Å². The molecule has 3 rings (SSSR count). The number of aliphatic carboxylic acids is 1. The fourth-order valence-corrected chi connectivity index (χ4v) is 3.25. The van der Waals surface area contributed by atoms with Gasteiger partial charge in [-0.3, -0.25) is 0 Å². The second-order valence-electron chi connectivity index (χ2n) is 5.79. The number of carboxylic acid groups (broad SMARTS) is 1. The van der Waals surface area contributed by atoms with Crippen molar-refractivity contribution in [1.29, 1.82) is 0 Å². The number of carbonyl (C=O) groups excluding carboxylic acids is 1. The molecule has 2 aromatic carbocycles. The Labute approximate surface area is 141 Å². The van der Waals surface area contributed by atoms with E-state index in [1.54, 1.807) is 7.11 Å². The van der Waals surface area contributed by atoms with Crippen LogP contribution in [0.1, 0.15) is 30.4 Å². The molecule has 0 aliphatic rings. The summed E-state index contributed by atoms with van der Waals surface area (Å²) in [6, 6.07) is 15.7. The van der Waals surface area contributed by atoms with Gasteiger partial charge >= 0.3 is 0 Å². The molecule has 1 heterocycles. The van der Waals surface area contributed by atoms with Crippen LogP contribution in [0.3, 0.4) is 0 Å². The quantitative estimate of drug-likeness (QED) is 0.701. The van der Waals surface area contributed by atoms with E-state index < -0.39 is 5.97 Å². The van der Waals surface area contributed by atoms with Crippen LogP contribution in [0.15, 0.2) is 54.7 Å². The number of aromatic nitrogens is 1. The Kier molecular flexibility index (Phi) is 4.56. The summed E-state index contributed by atoms with van der Waals surface area (Å²) in [6.07, 6.45) is 1.99. The van der Waals surface area contributed by atoms with Crippen molar-refractivity contribution in [3.05, 3.63) is 65.9 Å². The van der Waals surface area contributed by atoms with Gasteiger partial charge in [-0.25, -0.2) is 0 Å². The van der Waals surface area contributed by atoms with Gasteiger partial charge < -0.3 is 19.2 Å². The minimum atomic E-state index is -1.06. The molecule has 0 amide bonds. The first-order valence-electron chi connectivity index (χ1n) is 8.05. The van der Waals surface area contributed by atoms with E-state index in [-0.39, 0.29) is 12.3 Å². The third kappa shape index (κ3) is 3.00. The SMILES string of the molecule is CCn1cc([C@@H](CC(=O)[O-])c2cccc(OC)c2)c2ccccc21. The van der Waals surface area contributed by atoms with Gasteiger partial charge in [-0.1, -0.05) is 30.3 Å². The predicted molar refractivity (Wildman–Crippen MR) is 92.1 cm³/mol. The molecular formula is C20H20NO3-. The Hall–Kier alpha value is -2.75. The lowest BCUT2D eigenvalue weighted by molar-refractivity contribution is -0.305. The van der Waals surface area contributed by atoms with Gasteiger partial charge in [0.1, 0.15) is 5.75 Å². The lowest BCUT2D eigenvalue weighted by Gasteiger charge is -2.18. The zero-order chi connectivity index (χ0) is 17.1. The van der Waals surface area contributed by atoms with Gasteiger partial charge in [0.25, 0.3) is 0 Å². The number of hydrogen-bond donors (Lipinski definition) is 0. The number of carboxylic acids is 1. The van der Waals surface area contributed by atoms with Crippen molar-refractivity contribution in [1.82, 2.24) is 4.57 Å². The number of benzene rings is 2. The predicted octanol–water partition coefficient (Wildman–Crippen LogP) is 2.94. The Morgan fingerprint density at radius 1 is 1.21 bits per heavy atom. The standard InChI is InChI=1S/C20H21NO3/c1-3-21-13-18(16-9-4-5-10-19(16)21)17(12-20(22)23)14-7-6-8-15(11-14)24-2/h4-11,13,17H,3,12H2,1-2H3,(H,22,23)/p-1/t17-/m0/s1. The summed E-state index contributed by atoms with van der Waals surface area (Å²) >= 11 is 0. The van der Waals surface area contributed by atoms with E-state index in [2.05, 4.69) is 23.8 Å². The van der Waals surface area contributed by atoms with Crippen molar-refractivity contribution >= 4 is 16.9 Å². The lowest BCUT2D eigenvalue weighted by Crippen LogP contribution is -2.24. The van der Waals surface area contributed by atoms with Crippen molar-refractivity contribution in [2.75, 3.05) is 7.11 Å². The molecule has 24 heavy (non-hydrogen) atoms. The van der Waals surface area contributed by atoms with Gasteiger partial charge in [-0.2, -0.15) is 0 Å². The molecule has 0 bridgehead atoms. The Morgan fingerprint density at radius 2 is 2.00 bits per heavy atom. The number of rotatable bonds is 6. The molecule has 4 nitrogen and oxygen atoms in total. The molecular weight excluding hydrogens is 302 g/mol. The van der Waals surface area contributed by atoms with Gasteiger partial charge in [-0.05, 0) is 42.7 Å². The van der Waals surface area contributed by atoms with E-state index >= 15 is 0 Å². The van der Waals surface area contributed by atoms with Crippen LogP contribution in [0.2, 0.25) is 0 Å². The number of hydrogen-bond acceptors (Lipinski definition) is 3. The highest BCUT2D eigenvalue weighted by Gasteiger charge is 2.20. The van der Waals surface area contributed by atoms with Crippen molar-refractivity contribution in [2.24, 2.45) is 0 Å². The number of nitrogens with zero attached hydrogens (tertiary/aromatic N) is 1. The molecule has 124 valence electrons. The van der Waals surface area contributed by atoms with Crippen LogP contribution >= 0.6 is 0 Å². The smallest absolute Gasteiger partial charge is 0.119 e. The van der Waals surface area contributed by atoms with Crippen molar-refractivity contribution in [2.45, 2.75) is 25.8 Å². The number of ether oxygens (including phenoxy) is 1. The molecule has 0 fully saturated rings. The Balaban J connectivity index is 2.17. The summed E-state index contributed by atoms with van der Waals surface area (Å²) in [5.41, 5.74) is 3.03. The second kappa shape index (κ2) is 6.79. The average molecular weight is 322 g/mol. The minimum Gasteiger partial charge on any atom is -0.550 e. The molecule has 0 saturated carbocycles. The summed E-state index contributed by atoms with van der Waals surface area (Å²) < 4.78 is 7.44. The van der Waals surface area contributed by atoms with E-state index in [4.69, 9.17) is 4.74 Å². The molecule has 0 N–H and O–H groups in total. The summed E-state index contributed by atoms with van der Waals surface area (Å²) in [5.74, 6) is -0.617. The minimum absolute atomic E-state index is 0.0646. The largest absolute Gasteiger partial charge is 0.550 e. The fourth-order valence-electron chi connectivity index (χ4n) is 3.25. The summed E-state index contributed by atoms with van der Waals surface area (Å²) in [6.45, 7) is 2.91. The lowest BCUT2D eigenvalue weighted by atomic mass is 9.88. The normalized spacial score (nSPS) is 12.2. The average Bonchev–Trinajstić information content (AvgIpc) is 2.98. The molecule has 0 radical (unpaired) electrons. The van der Waals surface area contributed by atoms with E-state index in [1.165, 1.54) is 0 Å². The maximum absolute atomic E-state index is 11.4. The first-order chi connectivity index (χ1) is 11.6. The van der Waals surface area contributed by atoms with E-state index in [0.717, 1.165) is 34.3 Å². The number of methoxy groups -OCH3 is 1. The fraction of sp³-hybridized carbons (Fsp3) is 0.250. The van der Waals surface area contributed by atoms with Gasteiger partial charge in [-0.15, -0.1) is 0 Å². The number of carbonyl (C=O) groups is 1. The highest BCUT2D eigenvalue weighted by atomic mass is 16.5. The monoisotopic (exact) mass is 322 g/mol. The van der Waals surface area contributed by atoms with Crippen LogP contribution in [-0.4, -0.2) is 17.6 Å². The maximum atomic E-state index is 11.4. The van der Waals surface area contributed by atoms with Crippen molar-refractivity contribution in [3.63, 3.8) is 0 Å². The van der Waals surface area contributed by atoms with Gasteiger partial charge in [0.15, 0.2) is 0 Å². The summed E-state index contributed by atoms with van der Waals surface area (Å²) in [4.78, 5) is 11.4. The molecule has 0 saturated heterocycles. The number of aryl methyl sites for hydroxylation is 1. The van der Waals surface area contributed by atoms with Gasteiger partial charge in [0.05, 0.1) is 7.11 Å². The maximum Gasteiger partial charge on any atom is 0.119 e. The first-order valence-corrected chi connectivity index (χ1v) is 8.05. The van der Waals surface area contributed by atoms with Crippen molar-refractivity contribution < 1.29 is 14.6 Å². The molecule has 4 heteroatoms. The molecule has 0 aliphatic carbocycles. The van der Waals surface area contributed by atoms with E-state index in [1.807, 2.05) is 42.5 Å². The molecule has 1 aromatic heterocycles. The molecule has 0 aliphatic heterocycles. The van der Waals surface area contributed by atoms with E-state index in [0.29, 0.717) is 0 Å². The van der Waals surface area contributed by atoms with Gasteiger partial charge in [0.2, 0.25) is 0 Å². The summed E-state index contributed by atoms with van der Waals surface area (Å²) in [7, 11) is 1.61. The van der Waals surface area contributed by atoms with Crippen LogP contribution in [0.25, 0.3) is 10.9 Å².